The molecule has 1 heterocycles. The highest BCUT2D eigenvalue weighted by atomic mass is 16.5. The molecule has 2 heteroatoms. The maximum atomic E-state index is 5.27. The molecule has 0 spiro atoms. The molecule has 0 saturated carbocycles. The van der Waals surface area contributed by atoms with E-state index in [9.17, 15) is 0 Å². The highest BCUT2D eigenvalue weighted by molar-refractivity contribution is 5.02. The van der Waals surface area contributed by atoms with Gasteiger partial charge in [-0.25, -0.2) is 0 Å². The van der Waals surface area contributed by atoms with Crippen LogP contribution in [0.4, 0.5) is 0 Å². The van der Waals surface area contributed by atoms with Gasteiger partial charge in [-0.2, -0.15) is 0 Å². The lowest BCUT2D eigenvalue weighted by molar-refractivity contribution is 0.121. The van der Waals surface area contributed by atoms with E-state index in [1.165, 1.54) is 0 Å². The van der Waals surface area contributed by atoms with Crippen LogP contribution >= 0.6 is 0 Å². The fourth-order valence-electron chi connectivity index (χ4n) is 0.709. The Morgan fingerprint density at radius 1 is 1.60 bits per heavy atom. The fraction of sp³-hybridized carbons (Fsp3) is 0.500. The van der Waals surface area contributed by atoms with Crippen molar-refractivity contribution in [3.8, 4) is 0 Å². The molecule has 0 unspecified atom stereocenters. The van der Waals surface area contributed by atoms with Crippen LogP contribution in [-0.2, 0) is 11.3 Å². The maximum absolute atomic E-state index is 5.27. The second-order valence-electron chi connectivity index (χ2n) is 2.18. The minimum absolute atomic E-state index is 0.671. The number of hydrogen-bond donors (Lipinski definition) is 0. The van der Waals surface area contributed by atoms with Crippen LogP contribution in [0.1, 0.15) is 18.9 Å². The molecule has 0 aliphatic rings. The van der Waals surface area contributed by atoms with Crippen molar-refractivity contribution in [2.24, 2.45) is 0 Å². The van der Waals surface area contributed by atoms with E-state index in [0.717, 1.165) is 18.6 Å². The van der Waals surface area contributed by atoms with E-state index in [-0.39, 0.29) is 0 Å². The highest BCUT2D eigenvalue weighted by Crippen LogP contribution is 2.01. The Hall–Kier alpha value is -0.760. The quantitative estimate of drug-likeness (QED) is 0.598. The lowest BCUT2D eigenvalue weighted by Crippen LogP contribution is -1.91. The minimum atomic E-state index is 0.671. The second-order valence-corrected chi connectivity index (χ2v) is 2.18. The van der Waals surface area contributed by atoms with Gasteiger partial charge in [-0.1, -0.05) is 6.92 Å². The average molecular weight is 140 g/mol. The second kappa shape index (κ2) is 4.12. The van der Waals surface area contributed by atoms with E-state index in [1.807, 2.05) is 6.07 Å². The third-order valence-corrected chi connectivity index (χ3v) is 1.20. The molecule has 0 radical (unpaired) electrons. The molecule has 0 saturated heterocycles. The Morgan fingerprint density at radius 3 is 3.10 bits per heavy atom. The molecule has 1 aromatic rings. The van der Waals surface area contributed by atoms with Gasteiger partial charge in [0.15, 0.2) is 0 Å². The van der Waals surface area contributed by atoms with Crippen LogP contribution in [0.2, 0.25) is 0 Å². The predicted octanol–water partition coefficient (Wildman–Crippen LogP) is 2.21. The first-order valence-electron chi connectivity index (χ1n) is 3.52. The summed E-state index contributed by atoms with van der Waals surface area (Å²) in [6.45, 7) is 3.59. The van der Waals surface area contributed by atoms with Crippen molar-refractivity contribution >= 4 is 0 Å². The summed E-state index contributed by atoms with van der Waals surface area (Å²) in [5.41, 5.74) is 1.11. The summed E-state index contributed by atoms with van der Waals surface area (Å²) in [5.74, 6) is 0. The molecule has 56 valence electrons. The molecule has 0 aromatic carbocycles. The Morgan fingerprint density at radius 2 is 2.50 bits per heavy atom. The minimum Gasteiger partial charge on any atom is -0.472 e. The molecule has 2 nitrogen and oxygen atoms in total. The smallest absolute Gasteiger partial charge is 0.0957 e. The molecule has 0 amide bonds. The standard InChI is InChI=1S/C8H12O2/c1-2-4-9-6-8-3-5-10-7-8/h3,5,7H,2,4,6H2,1H3. The Labute approximate surface area is 60.8 Å². The van der Waals surface area contributed by atoms with Crippen molar-refractivity contribution < 1.29 is 9.15 Å². The van der Waals surface area contributed by atoms with Crippen LogP contribution in [0.3, 0.4) is 0 Å². The van der Waals surface area contributed by atoms with Gasteiger partial charge >= 0.3 is 0 Å². The van der Waals surface area contributed by atoms with Crippen molar-refractivity contribution in [3.63, 3.8) is 0 Å². The lowest BCUT2D eigenvalue weighted by Gasteiger charge is -1.96. The number of ether oxygens (including phenoxy) is 1. The van der Waals surface area contributed by atoms with E-state index >= 15 is 0 Å². The number of furan rings is 1. The van der Waals surface area contributed by atoms with E-state index in [1.54, 1.807) is 12.5 Å². The van der Waals surface area contributed by atoms with Gasteiger partial charge in [-0.3, -0.25) is 0 Å². The van der Waals surface area contributed by atoms with Gasteiger partial charge in [-0.05, 0) is 12.5 Å². The Bertz CT molecular complexity index is 156. The van der Waals surface area contributed by atoms with E-state index in [2.05, 4.69) is 6.92 Å². The van der Waals surface area contributed by atoms with Crippen LogP contribution in [0.15, 0.2) is 23.0 Å². The van der Waals surface area contributed by atoms with E-state index < -0.39 is 0 Å². The van der Waals surface area contributed by atoms with Crippen molar-refractivity contribution in [2.45, 2.75) is 20.0 Å². The van der Waals surface area contributed by atoms with Gasteiger partial charge in [0.25, 0.3) is 0 Å². The van der Waals surface area contributed by atoms with Gasteiger partial charge in [0.05, 0.1) is 19.1 Å². The summed E-state index contributed by atoms with van der Waals surface area (Å²) < 4.78 is 10.1. The molecule has 0 fully saturated rings. The molecule has 0 N–H and O–H groups in total. The zero-order valence-corrected chi connectivity index (χ0v) is 6.17. The van der Waals surface area contributed by atoms with Crippen molar-refractivity contribution in [3.05, 3.63) is 24.2 Å². The molecule has 0 aliphatic heterocycles. The molecule has 0 bridgehead atoms. The fourth-order valence-corrected chi connectivity index (χ4v) is 0.709. The Balaban J connectivity index is 2.15. The Kier molecular flexibility index (Phi) is 3.03. The van der Waals surface area contributed by atoms with Crippen molar-refractivity contribution in [1.29, 1.82) is 0 Å². The monoisotopic (exact) mass is 140 g/mol. The first kappa shape index (κ1) is 7.35. The van der Waals surface area contributed by atoms with Crippen LogP contribution < -0.4 is 0 Å². The highest BCUT2D eigenvalue weighted by Gasteiger charge is 1.91. The molecule has 0 aliphatic carbocycles. The van der Waals surface area contributed by atoms with Crippen molar-refractivity contribution in [2.75, 3.05) is 6.61 Å². The van der Waals surface area contributed by atoms with E-state index in [4.69, 9.17) is 9.15 Å². The summed E-state index contributed by atoms with van der Waals surface area (Å²) >= 11 is 0. The van der Waals surface area contributed by atoms with Gasteiger partial charge in [0.1, 0.15) is 0 Å². The first-order chi connectivity index (χ1) is 4.93. The zero-order valence-electron chi connectivity index (χ0n) is 6.17. The lowest BCUT2D eigenvalue weighted by atomic mass is 10.4. The third-order valence-electron chi connectivity index (χ3n) is 1.20. The SMILES string of the molecule is CCCOCc1ccoc1. The van der Waals surface area contributed by atoms with Crippen LogP contribution in [0, 0.1) is 0 Å². The van der Waals surface area contributed by atoms with Gasteiger partial charge < -0.3 is 9.15 Å². The zero-order chi connectivity index (χ0) is 7.23. The number of hydrogen-bond acceptors (Lipinski definition) is 2. The maximum Gasteiger partial charge on any atom is 0.0957 e. The largest absolute Gasteiger partial charge is 0.472 e. The summed E-state index contributed by atoms with van der Waals surface area (Å²) in [7, 11) is 0. The van der Waals surface area contributed by atoms with E-state index in [0.29, 0.717) is 6.61 Å². The number of rotatable bonds is 4. The summed E-state index contributed by atoms with van der Waals surface area (Å²) in [4.78, 5) is 0. The molecular weight excluding hydrogens is 128 g/mol. The summed E-state index contributed by atoms with van der Waals surface area (Å²) in [6, 6.07) is 1.91. The van der Waals surface area contributed by atoms with Crippen molar-refractivity contribution in [1.82, 2.24) is 0 Å². The summed E-state index contributed by atoms with van der Waals surface area (Å²) in [6.07, 6.45) is 4.43. The van der Waals surface area contributed by atoms with Crippen LogP contribution in [-0.4, -0.2) is 6.61 Å². The average Bonchev–Trinajstić information content (AvgIpc) is 2.41. The van der Waals surface area contributed by atoms with Gasteiger partial charge in [-0.15, -0.1) is 0 Å². The van der Waals surface area contributed by atoms with Crippen LogP contribution in [0.5, 0.6) is 0 Å². The third kappa shape index (κ3) is 2.23. The molecule has 0 atom stereocenters. The topological polar surface area (TPSA) is 22.4 Å². The van der Waals surface area contributed by atoms with Gasteiger partial charge in [0, 0.05) is 12.2 Å². The molecule has 1 rings (SSSR count). The van der Waals surface area contributed by atoms with Gasteiger partial charge in [0.2, 0.25) is 0 Å². The van der Waals surface area contributed by atoms with Crippen LogP contribution in [0.25, 0.3) is 0 Å². The molecule has 10 heavy (non-hydrogen) atoms. The predicted molar refractivity (Wildman–Crippen MR) is 38.7 cm³/mol. The normalized spacial score (nSPS) is 10.1. The summed E-state index contributed by atoms with van der Waals surface area (Å²) in [5, 5.41) is 0. The molecule has 1 aromatic heterocycles. The molecular formula is C8H12O2. The first-order valence-corrected chi connectivity index (χ1v) is 3.52.